The van der Waals surface area contributed by atoms with Crippen LogP contribution in [-0.4, -0.2) is 7.11 Å². The molecular weight excluding hydrogens is 238 g/mol. The van der Waals surface area contributed by atoms with Gasteiger partial charge in [-0.05, 0) is 41.5 Å². The zero-order valence-corrected chi connectivity index (χ0v) is 10.6. The predicted molar refractivity (Wildman–Crippen MR) is 74.3 cm³/mol. The second-order valence-corrected chi connectivity index (χ2v) is 3.90. The molecule has 0 spiro atoms. The fraction of sp³-hybridized carbons (Fsp3) is 0.0625. The minimum Gasteiger partial charge on any atom is -0.497 e. The van der Waals surface area contributed by atoms with Crippen LogP contribution in [-0.2, 0) is 0 Å². The van der Waals surface area contributed by atoms with Crippen molar-refractivity contribution in [1.82, 2.24) is 0 Å². The third kappa shape index (κ3) is 2.93. The second-order valence-electron chi connectivity index (χ2n) is 3.90. The van der Waals surface area contributed by atoms with Crippen molar-refractivity contribution in [2.24, 2.45) is 0 Å². The number of hydrogen-bond donors (Lipinski definition) is 0. The summed E-state index contributed by atoms with van der Waals surface area (Å²) in [5.41, 5.74) is 1.94. The van der Waals surface area contributed by atoms with E-state index in [-0.39, 0.29) is 0 Å². The van der Waals surface area contributed by atoms with Crippen LogP contribution in [0.25, 0.3) is 11.6 Å². The summed E-state index contributed by atoms with van der Waals surface area (Å²) in [6.07, 6.45) is 3.23. The van der Waals surface area contributed by atoms with Crippen LogP contribution < -0.4 is 4.74 Å². The summed E-state index contributed by atoms with van der Waals surface area (Å²) in [5.74, 6) is 1.36. The highest BCUT2D eigenvalue weighted by molar-refractivity contribution is 5.86. The molecule has 1 aromatic heterocycles. The van der Waals surface area contributed by atoms with Crippen LogP contribution >= 0.6 is 0 Å². The molecule has 0 saturated heterocycles. The summed E-state index contributed by atoms with van der Waals surface area (Å²) in [4.78, 5) is 0. The van der Waals surface area contributed by atoms with Gasteiger partial charge in [0.25, 0.3) is 0 Å². The van der Waals surface area contributed by atoms with Gasteiger partial charge < -0.3 is 9.15 Å². The molecular formula is C16H13NO2. The van der Waals surface area contributed by atoms with Crippen LogP contribution in [0, 0.1) is 11.3 Å². The first-order valence-corrected chi connectivity index (χ1v) is 5.73. The van der Waals surface area contributed by atoms with Crippen LogP contribution in [0.2, 0.25) is 0 Å². The molecule has 0 atom stereocenters. The molecule has 94 valence electrons. The molecule has 1 heterocycles. The second kappa shape index (κ2) is 5.74. The van der Waals surface area contributed by atoms with E-state index in [1.54, 1.807) is 31.6 Å². The Morgan fingerprint density at radius 1 is 1.37 bits per heavy atom. The molecule has 0 saturated carbocycles. The highest BCUT2D eigenvalue weighted by atomic mass is 16.5. The number of nitriles is 1. The SMILES string of the molecule is C=C(/C(C#N)=C/c1ccco1)c1cccc(OC)c1. The standard InChI is InChI=1S/C16H13NO2/c1-12(13-5-3-6-15(9-13)18-2)14(11-17)10-16-7-4-8-19-16/h3-10H,1H2,2H3/b14-10+. The van der Waals surface area contributed by atoms with Crippen LogP contribution in [0.5, 0.6) is 5.75 Å². The van der Waals surface area contributed by atoms with Gasteiger partial charge in [0.2, 0.25) is 0 Å². The van der Waals surface area contributed by atoms with Gasteiger partial charge in [0.15, 0.2) is 0 Å². The number of ether oxygens (including phenoxy) is 1. The smallest absolute Gasteiger partial charge is 0.127 e. The van der Waals surface area contributed by atoms with Crippen molar-refractivity contribution < 1.29 is 9.15 Å². The van der Waals surface area contributed by atoms with Gasteiger partial charge in [-0.3, -0.25) is 0 Å². The Labute approximate surface area is 112 Å². The molecule has 0 aliphatic heterocycles. The molecule has 0 aliphatic rings. The lowest BCUT2D eigenvalue weighted by Crippen LogP contribution is -1.89. The fourth-order valence-electron chi connectivity index (χ4n) is 1.67. The highest BCUT2D eigenvalue weighted by Crippen LogP contribution is 2.25. The van der Waals surface area contributed by atoms with E-state index in [1.165, 1.54) is 0 Å². The van der Waals surface area contributed by atoms with Gasteiger partial charge in [-0.1, -0.05) is 18.7 Å². The van der Waals surface area contributed by atoms with E-state index in [1.807, 2.05) is 24.3 Å². The fourth-order valence-corrected chi connectivity index (χ4v) is 1.67. The van der Waals surface area contributed by atoms with Crippen molar-refractivity contribution >= 4 is 11.6 Å². The third-order valence-electron chi connectivity index (χ3n) is 2.69. The molecule has 0 unspecified atom stereocenters. The van der Waals surface area contributed by atoms with Gasteiger partial charge >= 0.3 is 0 Å². The van der Waals surface area contributed by atoms with E-state index in [0.29, 0.717) is 16.9 Å². The van der Waals surface area contributed by atoms with Crippen molar-refractivity contribution in [2.45, 2.75) is 0 Å². The number of benzene rings is 1. The Hall–Kier alpha value is -2.73. The maximum atomic E-state index is 9.23. The van der Waals surface area contributed by atoms with E-state index in [0.717, 1.165) is 11.3 Å². The molecule has 0 fully saturated rings. The maximum absolute atomic E-state index is 9.23. The molecule has 0 N–H and O–H groups in total. The van der Waals surface area contributed by atoms with Crippen LogP contribution in [0.4, 0.5) is 0 Å². The summed E-state index contributed by atoms with van der Waals surface area (Å²) in [6.45, 7) is 3.96. The Morgan fingerprint density at radius 3 is 2.84 bits per heavy atom. The molecule has 2 aromatic rings. The number of rotatable bonds is 4. The Morgan fingerprint density at radius 2 is 2.21 bits per heavy atom. The molecule has 1 aromatic carbocycles. The lowest BCUT2D eigenvalue weighted by molar-refractivity contribution is 0.414. The van der Waals surface area contributed by atoms with Gasteiger partial charge in [0, 0.05) is 0 Å². The Balaban J connectivity index is 2.34. The lowest BCUT2D eigenvalue weighted by atomic mass is 9.99. The number of allylic oxidation sites excluding steroid dienone is 2. The zero-order valence-electron chi connectivity index (χ0n) is 10.6. The molecule has 0 bridgehead atoms. The van der Waals surface area contributed by atoms with Gasteiger partial charge in [-0.15, -0.1) is 0 Å². The minimum atomic E-state index is 0.461. The van der Waals surface area contributed by atoms with E-state index in [4.69, 9.17) is 9.15 Å². The molecule has 2 rings (SSSR count). The monoisotopic (exact) mass is 251 g/mol. The van der Waals surface area contributed by atoms with E-state index >= 15 is 0 Å². The van der Waals surface area contributed by atoms with E-state index < -0.39 is 0 Å². The van der Waals surface area contributed by atoms with Crippen LogP contribution in [0.15, 0.2) is 59.2 Å². The third-order valence-corrected chi connectivity index (χ3v) is 2.69. The average molecular weight is 251 g/mol. The summed E-state index contributed by atoms with van der Waals surface area (Å²) in [5, 5.41) is 9.23. The number of furan rings is 1. The van der Waals surface area contributed by atoms with Crippen molar-refractivity contribution in [2.75, 3.05) is 7.11 Å². The van der Waals surface area contributed by atoms with E-state index in [9.17, 15) is 5.26 Å². The maximum Gasteiger partial charge on any atom is 0.127 e. The highest BCUT2D eigenvalue weighted by Gasteiger charge is 2.07. The number of nitrogens with zero attached hydrogens (tertiary/aromatic N) is 1. The normalized spacial score (nSPS) is 10.8. The summed E-state index contributed by atoms with van der Waals surface area (Å²) >= 11 is 0. The van der Waals surface area contributed by atoms with Crippen molar-refractivity contribution in [3.8, 4) is 11.8 Å². The van der Waals surface area contributed by atoms with Crippen LogP contribution in [0.3, 0.4) is 0 Å². The van der Waals surface area contributed by atoms with Crippen molar-refractivity contribution in [3.05, 3.63) is 66.1 Å². The average Bonchev–Trinajstić information content (AvgIpc) is 2.97. The molecule has 0 aliphatic carbocycles. The van der Waals surface area contributed by atoms with Crippen LogP contribution in [0.1, 0.15) is 11.3 Å². The summed E-state index contributed by atoms with van der Waals surface area (Å²) in [6, 6.07) is 13.1. The number of methoxy groups -OCH3 is 1. The molecule has 3 heteroatoms. The van der Waals surface area contributed by atoms with E-state index in [2.05, 4.69) is 12.6 Å². The van der Waals surface area contributed by atoms with Crippen molar-refractivity contribution in [3.63, 3.8) is 0 Å². The summed E-state index contributed by atoms with van der Waals surface area (Å²) in [7, 11) is 1.60. The first-order valence-electron chi connectivity index (χ1n) is 5.73. The zero-order chi connectivity index (χ0) is 13.7. The Bertz CT molecular complexity index is 646. The Kier molecular flexibility index (Phi) is 3.84. The van der Waals surface area contributed by atoms with Crippen molar-refractivity contribution in [1.29, 1.82) is 5.26 Å². The molecule has 3 nitrogen and oxygen atoms in total. The van der Waals surface area contributed by atoms with Gasteiger partial charge in [0.05, 0.1) is 25.0 Å². The van der Waals surface area contributed by atoms with Gasteiger partial charge in [0.1, 0.15) is 11.5 Å². The first kappa shape index (κ1) is 12.7. The molecule has 0 radical (unpaired) electrons. The van der Waals surface area contributed by atoms with Gasteiger partial charge in [-0.2, -0.15) is 5.26 Å². The largest absolute Gasteiger partial charge is 0.497 e. The predicted octanol–water partition coefficient (Wildman–Crippen LogP) is 3.91. The lowest BCUT2D eigenvalue weighted by Gasteiger charge is -2.06. The molecule has 0 amide bonds. The summed E-state index contributed by atoms with van der Waals surface area (Å²) < 4.78 is 10.4. The first-order chi connectivity index (χ1) is 9.24. The minimum absolute atomic E-state index is 0.461. The molecule has 19 heavy (non-hydrogen) atoms. The quantitative estimate of drug-likeness (QED) is 0.611. The topological polar surface area (TPSA) is 46.2 Å². The van der Waals surface area contributed by atoms with Gasteiger partial charge in [-0.25, -0.2) is 0 Å². The number of hydrogen-bond acceptors (Lipinski definition) is 3.